The third kappa shape index (κ3) is 3.91. The predicted molar refractivity (Wildman–Crippen MR) is 81.2 cm³/mol. The minimum absolute atomic E-state index is 0.876. The molecule has 1 N–H and O–H groups in total. The monoisotopic (exact) mass is 256 g/mol. The fourth-order valence-corrected chi connectivity index (χ4v) is 1.91. The van der Waals surface area contributed by atoms with E-state index in [1.807, 2.05) is 30.3 Å². The summed E-state index contributed by atoms with van der Waals surface area (Å²) >= 11 is 0. The first-order chi connectivity index (χ1) is 9.29. The number of nitrogens with zero attached hydrogens (tertiary/aromatic N) is 1. The van der Waals surface area contributed by atoms with Gasteiger partial charge in [-0.15, -0.1) is 0 Å². The van der Waals surface area contributed by atoms with Crippen LogP contribution < -0.4 is 15.0 Å². The summed E-state index contributed by atoms with van der Waals surface area (Å²) in [6.45, 7) is 1.83. The summed E-state index contributed by atoms with van der Waals surface area (Å²) in [5, 5.41) is 3.40. The lowest BCUT2D eigenvalue weighted by atomic mass is 10.3. The van der Waals surface area contributed by atoms with Gasteiger partial charge in [0, 0.05) is 37.6 Å². The minimum Gasteiger partial charge on any atom is -0.497 e. The summed E-state index contributed by atoms with van der Waals surface area (Å²) < 4.78 is 5.20. The van der Waals surface area contributed by atoms with Crippen LogP contribution in [0.25, 0.3) is 0 Å². The Hall–Kier alpha value is -2.16. The molecule has 2 aromatic rings. The lowest BCUT2D eigenvalue weighted by Gasteiger charge is -2.19. The Kier molecular flexibility index (Phi) is 4.67. The number of ether oxygens (including phenoxy) is 1. The smallest absolute Gasteiger partial charge is 0.120 e. The van der Waals surface area contributed by atoms with Crippen molar-refractivity contribution in [1.29, 1.82) is 0 Å². The van der Waals surface area contributed by atoms with Gasteiger partial charge in [0.1, 0.15) is 5.75 Å². The zero-order valence-corrected chi connectivity index (χ0v) is 11.5. The third-order valence-electron chi connectivity index (χ3n) is 3.04. The SMILES string of the molecule is COc1cccc(NCCN(C)c2ccccc2)c1. The highest BCUT2D eigenvalue weighted by Gasteiger charge is 1.99. The van der Waals surface area contributed by atoms with Crippen molar-refractivity contribution in [1.82, 2.24) is 0 Å². The van der Waals surface area contributed by atoms with Crippen molar-refractivity contribution in [3.8, 4) is 5.75 Å². The Balaban J connectivity index is 1.83. The maximum Gasteiger partial charge on any atom is 0.120 e. The molecule has 2 aromatic carbocycles. The van der Waals surface area contributed by atoms with Gasteiger partial charge >= 0.3 is 0 Å². The zero-order valence-electron chi connectivity index (χ0n) is 11.5. The molecule has 3 heteroatoms. The number of hydrogen-bond donors (Lipinski definition) is 1. The lowest BCUT2D eigenvalue weighted by molar-refractivity contribution is 0.415. The van der Waals surface area contributed by atoms with Crippen molar-refractivity contribution in [3.63, 3.8) is 0 Å². The van der Waals surface area contributed by atoms with Gasteiger partial charge in [-0.25, -0.2) is 0 Å². The van der Waals surface area contributed by atoms with E-state index in [0.29, 0.717) is 0 Å². The first-order valence-electron chi connectivity index (χ1n) is 6.44. The molecule has 2 rings (SSSR count). The van der Waals surface area contributed by atoms with Crippen molar-refractivity contribution >= 4 is 11.4 Å². The van der Waals surface area contributed by atoms with Crippen molar-refractivity contribution in [2.75, 3.05) is 37.5 Å². The standard InChI is InChI=1S/C16H20N2O/c1-18(15-8-4-3-5-9-15)12-11-17-14-7-6-10-16(13-14)19-2/h3-10,13,17H,11-12H2,1-2H3. The Bertz CT molecular complexity index is 499. The Morgan fingerprint density at radius 2 is 1.84 bits per heavy atom. The van der Waals surface area contributed by atoms with Crippen LogP contribution in [0.15, 0.2) is 54.6 Å². The lowest BCUT2D eigenvalue weighted by Crippen LogP contribution is -2.24. The van der Waals surface area contributed by atoms with E-state index < -0.39 is 0 Å². The molecule has 0 fully saturated rings. The Morgan fingerprint density at radius 1 is 1.05 bits per heavy atom. The molecule has 0 atom stereocenters. The van der Waals surface area contributed by atoms with Crippen LogP contribution in [-0.2, 0) is 0 Å². The fourth-order valence-electron chi connectivity index (χ4n) is 1.91. The van der Waals surface area contributed by atoms with Crippen molar-refractivity contribution in [2.45, 2.75) is 0 Å². The van der Waals surface area contributed by atoms with E-state index in [9.17, 15) is 0 Å². The summed E-state index contributed by atoms with van der Waals surface area (Å²) in [5.41, 5.74) is 2.32. The van der Waals surface area contributed by atoms with Gasteiger partial charge in [0.2, 0.25) is 0 Å². The number of benzene rings is 2. The molecule has 0 unspecified atom stereocenters. The van der Waals surface area contributed by atoms with Crippen LogP contribution in [0.5, 0.6) is 5.75 Å². The summed E-state index contributed by atoms with van der Waals surface area (Å²) in [7, 11) is 3.78. The number of rotatable bonds is 6. The quantitative estimate of drug-likeness (QED) is 0.858. The van der Waals surface area contributed by atoms with Crippen LogP contribution in [-0.4, -0.2) is 27.2 Å². The number of anilines is 2. The molecule has 19 heavy (non-hydrogen) atoms. The summed E-state index contributed by atoms with van der Waals surface area (Å²) in [4.78, 5) is 2.23. The van der Waals surface area contributed by atoms with Gasteiger partial charge in [0.25, 0.3) is 0 Å². The van der Waals surface area contributed by atoms with Gasteiger partial charge in [0.05, 0.1) is 7.11 Å². The zero-order chi connectivity index (χ0) is 13.5. The molecule has 0 radical (unpaired) electrons. The molecule has 0 heterocycles. The van der Waals surface area contributed by atoms with Gasteiger partial charge in [-0.1, -0.05) is 24.3 Å². The van der Waals surface area contributed by atoms with E-state index in [1.165, 1.54) is 5.69 Å². The highest BCUT2D eigenvalue weighted by molar-refractivity contribution is 5.49. The topological polar surface area (TPSA) is 24.5 Å². The van der Waals surface area contributed by atoms with Gasteiger partial charge < -0.3 is 15.0 Å². The average molecular weight is 256 g/mol. The molecule has 0 aliphatic carbocycles. The van der Waals surface area contributed by atoms with Crippen molar-refractivity contribution < 1.29 is 4.74 Å². The Labute approximate surface area is 114 Å². The predicted octanol–water partition coefficient (Wildman–Crippen LogP) is 3.24. The van der Waals surface area contributed by atoms with E-state index in [0.717, 1.165) is 24.5 Å². The van der Waals surface area contributed by atoms with E-state index in [4.69, 9.17) is 4.74 Å². The molecule has 0 saturated carbocycles. The molecule has 0 saturated heterocycles. The van der Waals surface area contributed by atoms with Gasteiger partial charge in [-0.3, -0.25) is 0 Å². The van der Waals surface area contributed by atoms with E-state index in [2.05, 4.69) is 41.5 Å². The second kappa shape index (κ2) is 6.69. The second-order valence-corrected chi connectivity index (χ2v) is 4.42. The highest BCUT2D eigenvalue weighted by Crippen LogP contribution is 2.16. The second-order valence-electron chi connectivity index (χ2n) is 4.42. The molecule has 0 amide bonds. The number of likely N-dealkylation sites (N-methyl/N-ethyl adjacent to an activating group) is 1. The summed E-state index contributed by atoms with van der Waals surface area (Å²) in [6, 6.07) is 18.4. The largest absolute Gasteiger partial charge is 0.497 e. The van der Waals surface area contributed by atoms with Gasteiger partial charge in [-0.2, -0.15) is 0 Å². The van der Waals surface area contributed by atoms with Crippen molar-refractivity contribution in [3.05, 3.63) is 54.6 Å². The minimum atomic E-state index is 0.876. The molecule has 0 aromatic heterocycles. The van der Waals surface area contributed by atoms with E-state index in [-0.39, 0.29) is 0 Å². The first kappa shape index (κ1) is 13.3. The van der Waals surface area contributed by atoms with E-state index in [1.54, 1.807) is 7.11 Å². The average Bonchev–Trinajstić information content (AvgIpc) is 2.48. The fraction of sp³-hybridized carbons (Fsp3) is 0.250. The number of hydrogen-bond acceptors (Lipinski definition) is 3. The maximum atomic E-state index is 5.20. The van der Waals surface area contributed by atoms with Crippen LogP contribution in [0.1, 0.15) is 0 Å². The van der Waals surface area contributed by atoms with Crippen LogP contribution >= 0.6 is 0 Å². The Morgan fingerprint density at radius 3 is 2.58 bits per heavy atom. The number of nitrogens with one attached hydrogen (secondary N) is 1. The third-order valence-corrected chi connectivity index (χ3v) is 3.04. The summed E-state index contributed by atoms with van der Waals surface area (Å²) in [6.07, 6.45) is 0. The molecular formula is C16H20N2O. The maximum absolute atomic E-state index is 5.20. The molecule has 0 bridgehead atoms. The van der Waals surface area contributed by atoms with Gasteiger partial charge in [-0.05, 0) is 24.3 Å². The van der Waals surface area contributed by atoms with Crippen molar-refractivity contribution in [2.24, 2.45) is 0 Å². The molecular weight excluding hydrogens is 236 g/mol. The van der Waals surface area contributed by atoms with E-state index >= 15 is 0 Å². The molecule has 0 spiro atoms. The first-order valence-corrected chi connectivity index (χ1v) is 6.44. The van der Waals surface area contributed by atoms with Crippen LogP contribution in [0, 0.1) is 0 Å². The summed E-state index contributed by atoms with van der Waals surface area (Å²) in [5.74, 6) is 0.876. The van der Waals surface area contributed by atoms with Crippen LogP contribution in [0.4, 0.5) is 11.4 Å². The number of methoxy groups -OCH3 is 1. The molecule has 0 aliphatic heterocycles. The molecule has 100 valence electrons. The molecule has 0 aliphatic rings. The number of para-hydroxylation sites is 1. The van der Waals surface area contributed by atoms with Crippen LogP contribution in [0.3, 0.4) is 0 Å². The van der Waals surface area contributed by atoms with Crippen LogP contribution in [0.2, 0.25) is 0 Å². The molecule has 3 nitrogen and oxygen atoms in total. The normalized spacial score (nSPS) is 10.0. The highest BCUT2D eigenvalue weighted by atomic mass is 16.5. The van der Waals surface area contributed by atoms with Gasteiger partial charge in [0.15, 0.2) is 0 Å².